The van der Waals surface area contributed by atoms with E-state index in [1.165, 1.54) is 135 Å². The zero-order chi connectivity index (χ0) is 45.5. The maximum absolute atomic E-state index is 12.8. The van der Waals surface area contributed by atoms with Crippen LogP contribution in [-0.2, 0) is 38.7 Å². The Kier molecular flexibility index (Phi) is 37.0. The van der Waals surface area contributed by atoms with Gasteiger partial charge in [0, 0.05) is 12.8 Å². The molecule has 0 aromatic heterocycles. The maximum atomic E-state index is 12.8. The molecule has 0 aliphatic carbocycles. The van der Waals surface area contributed by atoms with Gasteiger partial charge < -0.3 is 34.3 Å². The van der Waals surface area contributed by atoms with E-state index in [0.29, 0.717) is 12.8 Å². The van der Waals surface area contributed by atoms with Gasteiger partial charge in [0.15, 0.2) is 12.4 Å². The van der Waals surface area contributed by atoms with Crippen molar-refractivity contribution in [3.05, 3.63) is 24.3 Å². The van der Waals surface area contributed by atoms with Crippen LogP contribution in [0.15, 0.2) is 24.3 Å². The van der Waals surface area contributed by atoms with Crippen molar-refractivity contribution in [3.63, 3.8) is 0 Å². The molecule has 0 saturated carbocycles. The van der Waals surface area contributed by atoms with Gasteiger partial charge in [-0.1, -0.05) is 173 Å². The molecule has 0 bridgehead atoms. The predicted octanol–water partition coefficient (Wildman–Crippen LogP) is 10.8. The van der Waals surface area contributed by atoms with E-state index in [2.05, 4.69) is 38.2 Å². The molecule has 1 heterocycles. The first-order valence-electron chi connectivity index (χ1n) is 24.9. The lowest BCUT2D eigenvalue weighted by Gasteiger charge is -2.40. The summed E-state index contributed by atoms with van der Waals surface area (Å²) in [5, 5.41) is 30.9. The number of esters is 2. The molecule has 0 amide bonds. The summed E-state index contributed by atoms with van der Waals surface area (Å²) in [5.41, 5.74) is 0. The van der Waals surface area contributed by atoms with Gasteiger partial charge in [-0.25, -0.2) is 0 Å². The van der Waals surface area contributed by atoms with E-state index in [9.17, 15) is 37.9 Å². The second-order valence-corrected chi connectivity index (χ2v) is 19.0. The van der Waals surface area contributed by atoms with Gasteiger partial charge in [0.2, 0.25) is 0 Å². The molecule has 0 radical (unpaired) electrons. The molecule has 1 aliphatic rings. The second-order valence-electron chi connectivity index (χ2n) is 17.5. The fourth-order valence-corrected chi connectivity index (χ4v) is 8.29. The minimum atomic E-state index is -4.60. The Morgan fingerprint density at radius 2 is 0.935 bits per heavy atom. The number of carbonyl (C=O) groups excluding carboxylic acids is 2. The summed E-state index contributed by atoms with van der Waals surface area (Å²) in [4.78, 5) is 25.5. The number of hydrogen-bond acceptors (Lipinski definition) is 11. The largest absolute Gasteiger partial charge is 0.462 e. The zero-order valence-electron chi connectivity index (χ0n) is 39.0. The maximum Gasteiger partial charge on any atom is 0.306 e. The summed E-state index contributed by atoms with van der Waals surface area (Å²) >= 11 is 0. The van der Waals surface area contributed by atoms with Gasteiger partial charge in [-0.15, -0.1) is 0 Å². The third-order valence-electron chi connectivity index (χ3n) is 11.5. The minimum Gasteiger partial charge on any atom is -0.462 e. The molecular weight excluding hydrogens is 813 g/mol. The molecule has 1 fully saturated rings. The molecule has 364 valence electrons. The topological polar surface area (TPSA) is 186 Å². The highest BCUT2D eigenvalue weighted by molar-refractivity contribution is 7.85. The van der Waals surface area contributed by atoms with E-state index >= 15 is 0 Å². The summed E-state index contributed by atoms with van der Waals surface area (Å²) < 4.78 is 54.2. The van der Waals surface area contributed by atoms with Crippen molar-refractivity contribution < 1.29 is 56.8 Å². The molecule has 6 atom stereocenters. The van der Waals surface area contributed by atoms with Crippen molar-refractivity contribution in [3.8, 4) is 0 Å². The normalized spacial score (nSPS) is 20.0. The Hall–Kier alpha value is -1.87. The third kappa shape index (κ3) is 33.6. The molecule has 13 heteroatoms. The van der Waals surface area contributed by atoms with Gasteiger partial charge in [-0.2, -0.15) is 8.42 Å². The fourth-order valence-electron chi connectivity index (χ4n) is 7.59. The Morgan fingerprint density at radius 3 is 1.39 bits per heavy atom. The van der Waals surface area contributed by atoms with Gasteiger partial charge >= 0.3 is 11.9 Å². The predicted molar refractivity (Wildman–Crippen MR) is 247 cm³/mol. The van der Waals surface area contributed by atoms with Crippen LogP contribution in [0.3, 0.4) is 0 Å². The van der Waals surface area contributed by atoms with Gasteiger partial charge in [0.05, 0.1) is 6.61 Å². The summed E-state index contributed by atoms with van der Waals surface area (Å²) in [6.07, 6.45) is 35.0. The van der Waals surface area contributed by atoms with Crippen molar-refractivity contribution in [1.82, 2.24) is 0 Å². The number of carbonyl (C=O) groups is 2. The Balaban J connectivity index is 2.38. The monoisotopic (exact) mass is 903 g/mol. The van der Waals surface area contributed by atoms with Crippen LogP contribution in [0.5, 0.6) is 0 Å². The van der Waals surface area contributed by atoms with Gasteiger partial charge in [0.25, 0.3) is 10.1 Å². The Labute approximate surface area is 377 Å². The van der Waals surface area contributed by atoms with E-state index in [0.717, 1.165) is 44.9 Å². The van der Waals surface area contributed by atoms with Crippen molar-refractivity contribution in [2.24, 2.45) is 0 Å². The van der Waals surface area contributed by atoms with Crippen LogP contribution in [0.25, 0.3) is 0 Å². The van der Waals surface area contributed by atoms with E-state index < -0.39 is 71.2 Å². The first-order chi connectivity index (χ1) is 30.0. The zero-order valence-corrected chi connectivity index (χ0v) is 39.8. The van der Waals surface area contributed by atoms with Gasteiger partial charge in [0.1, 0.15) is 36.8 Å². The van der Waals surface area contributed by atoms with Crippen LogP contribution >= 0.6 is 0 Å². The summed E-state index contributed by atoms with van der Waals surface area (Å²) in [6.45, 7) is 3.75. The average Bonchev–Trinajstić information content (AvgIpc) is 3.24. The first kappa shape index (κ1) is 58.1. The number of unbranched alkanes of at least 4 members (excludes halogenated alkanes) is 26. The van der Waals surface area contributed by atoms with Crippen molar-refractivity contribution >= 4 is 22.1 Å². The molecular formula is C49H90O12S. The molecule has 1 rings (SSSR count). The van der Waals surface area contributed by atoms with Gasteiger partial charge in [-0.3, -0.25) is 14.1 Å². The third-order valence-corrected chi connectivity index (χ3v) is 12.3. The molecule has 4 N–H and O–H groups in total. The Morgan fingerprint density at radius 1 is 0.532 bits per heavy atom. The standard InChI is InChI=1S/C49H90O12S/c1-3-5-7-9-11-13-15-17-19-20-21-22-24-25-27-29-31-33-35-37-44(50)58-39-42(40-59-49-48(54)47(53)46(52)43(61-49)41-62(55,56)57)60-45(51)38-36-34-32-30-28-26-23-18-16-14-12-10-8-6-4-2/h10,12,17,19,42-43,46-49,52-54H,3-9,11,13-16,18,20-41H2,1-2H3,(H,55,56,57)/b12-10+,19-17+/t42-,43-,46-,47?,48?,49+/m1/s1. The van der Waals surface area contributed by atoms with Gasteiger partial charge in [-0.05, 0) is 57.8 Å². The minimum absolute atomic E-state index is 0.164. The molecule has 0 spiro atoms. The molecule has 1 saturated heterocycles. The first-order valence-corrected chi connectivity index (χ1v) is 26.5. The molecule has 0 aromatic carbocycles. The summed E-state index contributed by atoms with van der Waals surface area (Å²) in [7, 11) is -4.60. The van der Waals surface area contributed by atoms with Crippen LogP contribution < -0.4 is 0 Å². The molecule has 62 heavy (non-hydrogen) atoms. The number of aliphatic hydroxyl groups excluding tert-OH is 3. The summed E-state index contributed by atoms with van der Waals surface area (Å²) in [5.74, 6) is -1.98. The SMILES string of the molecule is CCCC/C=C/CCCCCCCCCCCC(=O)O[C@H](COC(=O)CCCCCCCCCCC/C=C/CCCCCCCC)CO[C@H]1O[C@H](CS(=O)(=O)O)[C@@H](O)C(O)C1O. The van der Waals surface area contributed by atoms with E-state index in [4.69, 9.17) is 18.9 Å². The highest BCUT2D eigenvalue weighted by Gasteiger charge is 2.46. The van der Waals surface area contributed by atoms with Crippen LogP contribution in [0.4, 0.5) is 0 Å². The second kappa shape index (κ2) is 39.5. The number of hydrogen-bond donors (Lipinski definition) is 4. The summed E-state index contributed by atoms with van der Waals surface area (Å²) in [6, 6.07) is 0. The molecule has 1 aliphatic heterocycles. The van der Waals surface area contributed by atoms with E-state index in [1.54, 1.807) is 0 Å². The average molecular weight is 903 g/mol. The number of allylic oxidation sites excluding steroid dienone is 4. The van der Waals surface area contributed by atoms with Crippen LogP contribution in [0.1, 0.15) is 219 Å². The highest BCUT2D eigenvalue weighted by atomic mass is 32.2. The van der Waals surface area contributed by atoms with Crippen LogP contribution in [0, 0.1) is 0 Å². The van der Waals surface area contributed by atoms with Crippen molar-refractivity contribution in [2.45, 2.75) is 256 Å². The molecule has 0 aromatic rings. The molecule has 12 nitrogen and oxygen atoms in total. The lowest BCUT2D eigenvalue weighted by Crippen LogP contribution is -2.60. The highest BCUT2D eigenvalue weighted by Crippen LogP contribution is 2.24. The lowest BCUT2D eigenvalue weighted by atomic mass is 10.00. The fraction of sp³-hybridized carbons (Fsp3) is 0.878. The van der Waals surface area contributed by atoms with Crippen molar-refractivity contribution in [2.75, 3.05) is 19.0 Å². The number of ether oxygens (including phenoxy) is 4. The number of rotatable bonds is 42. The Bertz CT molecular complexity index is 1240. The number of aliphatic hydroxyl groups is 3. The lowest BCUT2D eigenvalue weighted by molar-refractivity contribution is -0.297. The van der Waals surface area contributed by atoms with Crippen LogP contribution in [-0.4, -0.2) is 96.0 Å². The van der Waals surface area contributed by atoms with Crippen LogP contribution in [0.2, 0.25) is 0 Å². The van der Waals surface area contributed by atoms with E-state index in [-0.39, 0.29) is 19.4 Å². The van der Waals surface area contributed by atoms with Crippen molar-refractivity contribution in [1.29, 1.82) is 0 Å². The quantitative estimate of drug-likeness (QED) is 0.0197. The van der Waals surface area contributed by atoms with E-state index in [1.807, 2.05) is 0 Å². The smallest absolute Gasteiger partial charge is 0.306 e. The molecule has 2 unspecified atom stereocenters.